The van der Waals surface area contributed by atoms with Gasteiger partial charge in [-0.3, -0.25) is 4.79 Å². The normalized spacial score (nSPS) is 27.9. The van der Waals surface area contributed by atoms with Gasteiger partial charge >= 0.3 is 0 Å². The molecule has 0 saturated carbocycles. The van der Waals surface area contributed by atoms with Gasteiger partial charge in [0.1, 0.15) is 5.88 Å². The first kappa shape index (κ1) is 9.54. The number of carbonyl (C=O) groups is 1. The molecule has 2 bridgehead atoms. The Kier molecular flexibility index (Phi) is 2.17. The Morgan fingerprint density at radius 2 is 2.47 bits per heavy atom. The van der Waals surface area contributed by atoms with Crippen molar-refractivity contribution in [3.05, 3.63) is 10.6 Å². The average molecular weight is 244 g/mol. The first-order valence-electron chi connectivity index (χ1n) is 4.99. The Morgan fingerprint density at radius 1 is 1.60 bits per heavy atom. The molecule has 0 aromatic carbocycles. The molecular weight excluding hydrogens is 234 g/mol. The fraction of sp³-hybridized carbons (Fsp3) is 0.667. The van der Waals surface area contributed by atoms with Crippen LogP contribution in [0.3, 0.4) is 0 Å². The molecule has 2 atom stereocenters. The van der Waals surface area contributed by atoms with Crippen molar-refractivity contribution >= 4 is 29.0 Å². The second kappa shape index (κ2) is 3.42. The zero-order chi connectivity index (χ0) is 10.4. The van der Waals surface area contributed by atoms with Gasteiger partial charge in [-0.05, 0) is 24.4 Å². The third kappa shape index (κ3) is 1.29. The monoisotopic (exact) mass is 243 g/mol. The Morgan fingerprint density at radius 3 is 3.27 bits per heavy atom. The number of carbonyl (C=O) groups excluding carboxylic acids is 1. The van der Waals surface area contributed by atoms with Crippen LogP contribution in [0.15, 0.2) is 0 Å². The predicted molar refractivity (Wildman–Crippen MR) is 56.9 cm³/mol. The summed E-state index contributed by atoms with van der Waals surface area (Å²) in [6.45, 7) is 0. The molecule has 1 amide bonds. The zero-order valence-electron chi connectivity index (χ0n) is 8.02. The first-order valence-corrected chi connectivity index (χ1v) is 6.30. The molecule has 0 N–H and O–H groups in total. The number of rotatable bonds is 1. The molecule has 2 aliphatic rings. The van der Waals surface area contributed by atoms with Crippen molar-refractivity contribution in [2.75, 3.05) is 5.88 Å². The van der Waals surface area contributed by atoms with Crippen molar-refractivity contribution in [2.45, 2.75) is 31.3 Å². The van der Waals surface area contributed by atoms with Crippen molar-refractivity contribution in [3.63, 3.8) is 0 Å². The summed E-state index contributed by atoms with van der Waals surface area (Å²) in [5.41, 5.74) is 1.09. The molecule has 80 valence electrons. The third-order valence-corrected chi connectivity index (χ3v) is 4.32. The van der Waals surface area contributed by atoms with Gasteiger partial charge in [-0.15, -0.1) is 16.7 Å². The summed E-state index contributed by atoms with van der Waals surface area (Å²) in [6, 6.07) is 0.502. The lowest BCUT2D eigenvalue weighted by molar-refractivity contribution is -0.131. The minimum Gasteiger partial charge on any atom is -0.330 e. The van der Waals surface area contributed by atoms with Crippen LogP contribution >= 0.6 is 23.1 Å². The van der Waals surface area contributed by atoms with Crippen LogP contribution in [0.25, 0.3) is 0 Å². The molecule has 1 aromatic rings. The van der Waals surface area contributed by atoms with E-state index in [4.69, 9.17) is 11.6 Å². The predicted octanol–water partition coefficient (Wildman–Crippen LogP) is 1.37. The first-order chi connectivity index (χ1) is 7.31. The quantitative estimate of drug-likeness (QED) is 0.700. The smallest absolute Gasteiger partial charge is 0.238 e. The molecule has 15 heavy (non-hydrogen) atoms. The van der Waals surface area contributed by atoms with Crippen LogP contribution in [-0.2, 0) is 11.2 Å². The standard InChI is InChI=1S/C9H10ClN3OS/c10-4-8(14)13-5-1-2-7(13)9-6(3-5)11-12-15-9/h5,7H,1-4H2/t5-,7+/m1/s1. The zero-order valence-corrected chi connectivity index (χ0v) is 9.59. The van der Waals surface area contributed by atoms with E-state index in [0.717, 1.165) is 25.0 Å². The molecule has 6 heteroatoms. The molecular formula is C9H10ClN3OS. The largest absolute Gasteiger partial charge is 0.330 e. The van der Waals surface area contributed by atoms with Gasteiger partial charge in [0.05, 0.1) is 16.6 Å². The van der Waals surface area contributed by atoms with Crippen molar-refractivity contribution in [3.8, 4) is 0 Å². The molecule has 1 saturated heterocycles. The van der Waals surface area contributed by atoms with E-state index in [-0.39, 0.29) is 17.8 Å². The number of alkyl halides is 1. The van der Waals surface area contributed by atoms with Crippen LogP contribution in [0.5, 0.6) is 0 Å². The number of fused-ring (bicyclic) bond motifs is 4. The lowest BCUT2D eigenvalue weighted by Crippen LogP contribution is -2.42. The molecule has 0 unspecified atom stereocenters. The molecule has 0 radical (unpaired) electrons. The van der Waals surface area contributed by atoms with E-state index in [0.29, 0.717) is 6.04 Å². The molecule has 1 aromatic heterocycles. The lowest BCUT2D eigenvalue weighted by atomic mass is 10.1. The molecule has 1 fully saturated rings. The van der Waals surface area contributed by atoms with E-state index in [2.05, 4.69) is 9.59 Å². The highest BCUT2D eigenvalue weighted by atomic mass is 35.5. The van der Waals surface area contributed by atoms with Crippen LogP contribution in [0, 0.1) is 0 Å². The van der Waals surface area contributed by atoms with Gasteiger partial charge in [0, 0.05) is 12.5 Å². The second-order valence-corrected chi connectivity index (χ2v) is 5.02. The van der Waals surface area contributed by atoms with Crippen LogP contribution in [0.1, 0.15) is 29.5 Å². The highest BCUT2D eigenvalue weighted by Gasteiger charge is 2.43. The van der Waals surface area contributed by atoms with Crippen molar-refractivity contribution in [1.29, 1.82) is 0 Å². The van der Waals surface area contributed by atoms with E-state index < -0.39 is 0 Å². The van der Waals surface area contributed by atoms with Crippen molar-refractivity contribution in [2.24, 2.45) is 0 Å². The number of aromatic nitrogens is 2. The number of nitrogens with zero attached hydrogens (tertiary/aromatic N) is 3. The highest BCUT2D eigenvalue weighted by molar-refractivity contribution is 7.05. The Hall–Kier alpha value is -0.680. The number of hydrogen-bond donors (Lipinski definition) is 0. The summed E-state index contributed by atoms with van der Waals surface area (Å²) in [6.07, 6.45) is 2.95. The van der Waals surface area contributed by atoms with Gasteiger partial charge in [-0.1, -0.05) is 4.49 Å². The topological polar surface area (TPSA) is 46.1 Å². The Balaban J connectivity index is 2.00. The summed E-state index contributed by atoms with van der Waals surface area (Å²) in [7, 11) is 0. The fourth-order valence-electron chi connectivity index (χ4n) is 2.62. The summed E-state index contributed by atoms with van der Waals surface area (Å²) >= 11 is 7.04. The average Bonchev–Trinajstić information content (AvgIpc) is 2.83. The van der Waals surface area contributed by atoms with Crippen LogP contribution in [0.4, 0.5) is 0 Å². The number of amides is 1. The molecule has 4 nitrogen and oxygen atoms in total. The number of hydrogen-bond acceptors (Lipinski definition) is 4. The molecule has 0 aliphatic carbocycles. The third-order valence-electron chi connectivity index (χ3n) is 3.22. The van der Waals surface area contributed by atoms with E-state index in [1.807, 2.05) is 4.90 Å². The van der Waals surface area contributed by atoms with Gasteiger partial charge in [0.15, 0.2) is 0 Å². The SMILES string of the molecule is O=C(CCl)N1[C@@H]2CC[C@H]1c1snnc1C2. The fourth-order valence-corrected chi connectivity index (χ4v) is 3.57. The maximum absolute atomic E-state index is 11.7. The molecule has 3 heterocycles. The van der Waals surface area contributed by atoms with Crippen molar-refractivity contribution in [1.82, 2.24) is 14.5 Å². The lowest BCUT2D eigenvalue weighted by Gasteiger charge is -2.33. The summed E-state index contributed by atoms with van der Waals surface area (Å²) in [4.78, 5) is 14.8. The molecule has 0 spiro atoms. The van der Waals surface area contributed by atoms with E-state index in [1.54, 1.807) is 0 Å². The van der Waals surface area contributed by atoms with Gasteiger partial charge in [-0.25, -0.2) is 0 Å². The van der Waals surface area contributed by atoms with Gasteiger partial charge < -0.3 is 4.90 Å². The van der Waals surface area contributed by atoms with Gasteiger partial charge in [0.25, 0.3) is 0 Å². The van der Waals surface area contributed by atoms with E-state index in [1.165, 1.54) is 16.4 Å². The molecule has 3 rings (SSSR count). The van der Waals surface area contributed by atoms with Crippen molar-refractivity contribution < 1.29 is 4.79 Å². The Bertz CT molecular complexity index is 408. The molecule has 2 aliphatic heterocycles. The van der Waals surface area contributed by atoms with Gasteiger partial charge in [-0.2, -0.15) is 0 Å². The summed E-state index contributed by atoms with van der Waals surface area (Å²) in [5.74, 6) is 0.123. The summed E-state index contributed by atoms with van der Waals surface area (Å²) in [5, 5.41) is 4.11. The Labute approximate surface area is 96.4 Å². The maximum Gasteiger partial charge on any atom is 0.238 e. The number of halogens is 1. The van der Waals surface area contributed by atoms with Crippen LogP contribution in [0.2, 0.25) is 0 Å². The van der Waals surface area contributed by atoms with E-state index >= 15 is 0 Å². The van der Waals surface area contributed by atoms with Crippen LogP contribution in [-0.4, -0.2) is 32.3 Å². The maximum atomic E-state index is 11.7. The van der Waals surface area contributed by atoms with Gasteiger partial charge in [0.2, 0.25) is 5.91 Å². The van der Waals surface area contributed by atoms with Crippen LogP contribution < -0.4 is 0 Å². The minimum atomic E-state index is 0.0446. The second-order valence-electron chi connectivity index (χ2n) is 3.97. The summed E-state index contributed by atoms with van der Waals surface area (Å²) < 4.78 is 3.96. The van der Waals surface area contributed by atoms with E-state index in [9.17, 15) is 4.79 Å². The highest BCUT2D eigenvalue weighted by Crippen LogP contribution is 2.44. The minimum absolute atomic E-state index is 0.0446.